The first kappa shape index (κ1) is 26.0. The van der Waals surface area contributed by atoms with Crippen molar-refractivity contribution in [1.82, 2.24) is 14.7 Å². The first-order chi connectivity index (χ1) is 17.4. The minimum atomic E-state index is -0.0134. The fraction of sp³-hybridized carbons (Fsp3) is 0.500. The lowest BCUT2D eigenvalue weighted by Crippen LogP contribution is -2.52. The van der Waals surface area contributed by atoms with Crippen LogP contribution >= 0.6 is 0 Å². The van der Waals surface area contributed by atoms with E-state index in [1.165, 1.54) is 0 Å². The summed E-state index contributed by atoms with van der Waals surface area (Å²) in [5.74, 6) is 1.69. The molecule has 0 spiro atoms. The standard InChI is InChI=1S/C28H38N4O4/c1-20-7-5-8-21(2)28(20)29-26(33)18-30-13-15-31(16-14-30)27(34)19-32-12-6-9-24(32)23-11-10-22(35-3)17-25(23)36-4/h5,7-8,10-11,17,24H,6,9,12-16,18-19H2,1-4H3,(H,29,33)/t24-/m0/s1. The Morgan fingerprint density at radius 3 is 2.33 bits per heavy atom. The molecule has 0 bridgehead atoms. The van der Waals surface area contributed by atoms with E-state index in [2.05, 4.69) is 15.1 Å². The molecule has 36 heavy (non-hydrogen) atoms. The van der Waals surface area contributed by atoms with Crippen LogP contribution < -0.4 is 14.8 Å². The van der Waals surface area contributed by atoms with E-state index in [1.807, 2.05) is 55.1 Å². The highest BCUT2D eigenvalue weighted by Crippen LogP contribution is 2.38. The van der Waals surface area contributed by atoms with Crippen molar-refractivity contribution in [3.63, 3.8) is 0 Å². The monoisotopic (exact) mass is 494 g/mol. The largest absolute Gasteiger partial charge is 0.497 e. The number of hydrogen-bond donors (Lipinski definition) is 1. The van der Waals surface area contributed by atoms with E-state index in [0.29, 0.717) is 39.3 Å². The van der Waals surface area contributed by atoms with Crippen molar-refractivity contribution in [3.8, 4) is 11.5 Å². The molecule has 0 aliphatic carbocycles. The van der Waals surface area contributed by atoms with Crippen molar-refractivity contribution in [2.24, 2.45) is 0 Å². The molecule has 0 saturated carbocycles. The summed E-state index contributed by atoms with van der Waals surface area (Å²) in [7, 11) is 3.32. The van der Waals surface area contributed by atoms with Crippen LogP contribution in [0.1, 0.15) is 35.6 Å². The van der Waals surface area contributed by atoms with Crippen LogP contribution in [-0.2, 0) is 9.59 Å². The Labute approximate surface area is 214 Å². The molecule has 2 aromatic rings. The number of ether oxygens (including phenoxy) is 2. The van der Waals surface area contributed by atoms with Crippen molar-refractivity contribution in [2.75, 3.05) is 65.3 Å². The predicted octanol–water partition coefficient (Wildman–Crippen LogP) is 3.24. The Morgan fingerprint density at radius 1 is 0.944 bits per heavy atom. The summed E-state index contributed by atoms with van der Waals surface area (Å²) in [6, 6.07) is 12.1. The highest BCUT2D eigenvalue weighted by Gasteiger charge is 2.32. The maximum Gasteiger partial charge on any atom is 0.238 e. The lowest BCUT2D eigenvalue weighted by atomic mass is 10.0. The minimum Gasteiger partial charge on any atom is -0.497 e. The average molecular weight is 495 g/mol. The number of nitrogens with one attached hydrogen (secondary N) is 1. The zero-order valence-corrected chi connectivity index (χ0v) is 21.9. The van der Waals surface area contributed by atoms with Gasteiger partial charge in [0.15, 0.2) is 0 Å². The van der Waals surface area contributed by atoms with Gasteiger partial charge in [0.25, 0.3) is 0 Å². The number of piperazine rings is 1. The smallest absolute Gasteiger partial charge is 0.238 e. The molecule has 2 fully saturated rings. The van der Waals surface area contributed by atoms with E-state index in [-0.39, 0.29) is 17.9 Å². The van der Waals surface area contributed by atoms with E-state index < -0.39 is 0 Å². The number of aryl methyl sites for hydroxylation is 2. The number of nitrogens with zero attached hydrogens (tertiary/aromatic N) is 3. The van der Waals surface area contributed by atoms with Crippen molar-refractivity contribution in [1.29, 1.82) is 0 Å². The van der Waals surface area contributed by atoms with Crippen LogP contribution in [0.15, 0.2) is 36.4 Å². The molecule has 1 N–H and O–H groups in total. The Kier molecular flexibility index (Phi) is 8.48. The molecule has 8 heteroatoms. The van der Waals surface area contributed by atoms with Gasteiger partial charge in [0.1, 0.15) is 11.5 Å². The number of anilines is 1. The van der Waals surface area contributed by atoms with Crippen molar-refractivity contribution < 1.29 is 19.1 Å². The van der Waals surface area contributed by atoms with E-state index in [9.17, 15) is 9.59 Å². The maximum atomic E-state index is 13.2. The first-order valence-corrected chi connectivity index (χ1v) is 12.7. The Morgan fingerprint density at radius 2 is 1.67 bits per heavy atom. The minimum absolute atomic E-state index is 0.0134. The second kappa shape index (κ2) is 11.8. The van der Waals surface area contributed by atoms with Crippen LogP contribution in [0, 0.1) is 13.8 Å². The summed E-state index contributed by atoms with van der Waals surface area (Å²) in [4.78, 5) is 32.1. The molecule has 4 rings (SSSR count). The molecule has 2 aliphatic heterocycles. The van der Waals surface area contributed by atoms with Crippen LogP contribution in [0.25, 0.3) is 0 Å². The third kappa shape index (κ3) is 5.99. The Hall–Kier alpha value is -3.10. The van der Waals surface area contributed by atoms with Crippen molar-refractivity contribution in [2.45, 2.75) is 32.7 Å². The molecule has 1 atom stereocenters. The van der Waals surface area contributed by atoms with Gasteiger partial charge >= 0.3 is 0 Å². The molecule has 2 amide bonds. The molecule has 2 aromatic carbocycles. The number of hydrogen-bond acceptors (Lipinski definition) is 6. The van der Waals surface area contributed by atoms with Crippen LogP contribution in [0.2, 0.25) is 0 Å². The number of benzene rings is 2. The quantitative estimate of drug-likeness (QED) is 0.607. The highest BCUT2D eigenvalue weighted by molar-refractivity contribution is 5.93. The van der Waals surface area contributed by atoms with E-state index in [1.54, 1.807) is 14.2 Å². The molecule has 2 heterocycles. The number of methoxy groups -OCH3 is 2. The molecule has 194 valence electrons. The number of carbonyl (C=O) groups excluding carboxylic acids is 2. The predicted molar refractivity (Wildman–Crippen MR) is 141 cm³/mol. The van der Waals surface area contributed by atoms with Crippen molar-refractivity contribution >= 4 is 17.5 Å². The van der Waals surface area contributed by atoms with Crippen LogP contribution in [0.4, 0.5) is 5.69 Å². The van der Waals surface area contributed by atoms with Gasteiger partial charge in [-0.3, -0.25) is 19.4 Å². The summed E-state index contributed by atoms with van der Waals surface area (Å²) < 4.78 is 11.0. The molecular weight excluding hydrogens is 456 g/mol. The van der Waals surface area contributed by atoms with Crippen molar-refractivity contribution in [3.05, 3.63) is 53.1 Å². The van der Waals surface area contributed by atoms with Crippen LogP contribution in [0.5, 0.6) is 11.5 Å². The number of para-hydroxylation sites is 1. The molecule has 0 radical (unpaired) electrons. The van der Waals surface area contributed by atoms with Gasteiger partial charge in [-0.15, -0.1) is 0 Å². The third-order valence-corrected chi connectivity index (χ3v) is 7.34. The molecule has 2 saturated heterocycles. The normalized spacial score (nSPS) is 18.8. The third-order valence-electron chi connectivity index (χ3n) is 7.34. The first-order valence-electron chi connectivity index (χ1n) is 12.7. The van der Waals surface area contributed by atoms with Crippen LogP contribution in [-0.4, -0.2) is 86.5 Å². The number of likely N-dealkylation sites (tertiary alicyclic amines) is 1. The Balaban J connectivity index is 1.28. The maximum absolute atomic E-state index is 13.2. The molecule has 2 aliphatic rings. The van der Waals surface area contributed by atoms with Gasteiger partial charge in [-0.1, -0.05) is 24.3 Å². The second-order valence-electron chi connectivity index (χ2n) is 9.71. The van der Waals surface area contributed by atoms with E-state index in [4.69, 9.17) is 9.47 Å². The van der Waals surface area contributed by atoms with E-state index >= 15 is 0 Å². The number of amides is 2. The summed E-state index contributed by atoms with van der Waals surface area (Å²) in [6.07, 6.45) is 2.05. The van der Waals surface area contributed by atoms with E-state index in [0.717, 1.165) is 53.3 Å². The highest BCUT2D eigenvalue weighted by atomic mass is 16.5. The zero-order valence-electron chi connectivity index (χ0n) is 21.9. The SMILES string of the molecule is COc1ccc([C@@H]2CCCN2CC(=O)N2CCN(CC(=O)Nc3c(C)cccc3C)CC2)c(OC)c1. The number of carbonyl (C=O) groups is 2. The van der Waals surface area contributed by atoms with Gasteiger partial charge in [0.05, 0.1) is 27.3 Å². The van der Waals surface area contributed by atoms with Gasteiger partial charge in [0.2, 0.25) is 11.8 Å². The molecule has 8 nitrogen and oxygen atoms in total. The lowest BCUT2D eigenvalue weighted by molar-refractivity contribution is -0.134. The van der Waals surface area contributed by atoms with Gasteiger partial charge in [-0.25, -0.2) is 0 Å². The summed E-state index contributed by atoms with van der Waals surface area (Å²) in [5, 5.41) is 3.06. The average Bonchev–Trinajstić information content (AvgIpc) is 3.34. The fourth-order valence-corrected chi connectivity index (χ4v) is 5.28. The number of rotatable bonds is 8. The fourth-order valence-electron chi connectivity index (χ4n) is 5.28. The molecule has 0 aromatic heterocycles. The lowest BCUT2D eigenvalue weighted by Gasteiger charge is -2.36. The van der Waals surface area contributed by atoms with Gasteiger partial charge in [0, 0.05) is 49.5 Å². The summed E-state index contributed by atoms with van der Waals surface area (Å²) in [6.45, 7) is 8.30. The summed E-state index contributed by atoms with van der Waals surface area (Å²) in [5.41, 5.74) is 4.12. The topological polar surface area (TPSA) is 74.4 Å². The van der Waals surface area contributed by atoms with Gasteiger partial charge in [-0.05, 0) is 50.4 Å². The zero-order chi connectivity index (χ0) is 25.7. The summed E-state index contributed by atoms with van der Waals surface area (Å²) >= 11 is 0. The molecular formula is C28H38N4O4. The van der Waals surface area contributed by atoms with Crippen LogP contribution in [0.3, 0.4) is 0 Å². The molecule has 0 unspecified atom stereocenters. The Bertz CT molecular complexity index is 1060. The second-order valence-corrected chi connectivity index (χ2v) is 9.71. The van der Waals surface area contributed by atoms with Gasteiger partial charge < -0.3 is 19.7 Å². The van der Waals surface area contributed by atoms with Gasteiger partial charge in [-0.2, -0.15) is 0 Å².